The number of carbonyl (C=O) groups excluding carboxylic acids is 2. The molecule has 1 aliphatic rings. The molecule has 2 aromatic rings. The van der Waals surface area contributed by atoms with Gasteiger partial charge in [-0.3, -0.25) is 19.7 Å². The number of ether oxygens (including phenoxy) is 1. The van der Waals surface area contributed by atoms with Crippen LogP contribution in [0.3, 0.4) is 0 Å². The van der Waals surface area contributed by atoms with Crippen molar-refractivity contribution < 1.29 is 19.2 Å². The Balaban J connectivity index is 1.88. The van der Waals surface area contributed by atoms with Gasteiger partial charge < -0.3 is 15.0 Å². The minimum atomic E-state index is -0.673. The zero-order chi connectivity index (χ0) is 22.9. The number of fused-ring (bicyclic) bond motifs is 1. The van der Waals surface area contributed by atoms with Crippen molar-refractivity contribution in [1.82, 2.24) is 0 Å². The molecule has 0 aromatic heterocycles. The number of anilines is 2. The largest absolute Gasteiger partial charge is 0.490 e. The number of aryl methyl sites for hydroxylation is 1. The molecule has 8 nitrogen and oxygen atoms in total. The lowest BCUT2D eigenvalue weighted by Gasteiger charge is -2.29. The van der Waals surface area contributed by atoms with Crippen LogP contribution in [-0.2, 0) is 4.79 Å². The van der Waals surface area contributed by atoms with E-state index in [4.69, 9.17) is 4.74 Å². The van der Waals surface area contributed by atoms with Crippen LogP contribution in [0.1, 0.15) is 43.6 Å². The summed E-state index contributed by atoms with van der Waals surface area (Å²) in [5.41, 5.74) is 1.20. The van der Waals surface area contributed by atoms with Crippen LogP contribution in [0.5, 0.6) is 5.75 Å². The summed E-state index contributed by atoms with van der Waals surface area (Å²) >= 11 is 0. The Morgan fingerprint density at radius 2 is 1.97 bits per heavy atom. The highest BCUT2D eigenvalue weighted by molar-refractivity contribution is 6.05. The summed E-state index contributed by atoms with van der Waals surface area (Å²) in [7, 11) is 0. The van der Waals surface area contributed by atoms with Crippen molar-refractivity contribution in [3.8, 4) is 5.75 Å². The molecule has 2 aromatic carbocycles. The number of nitro benzene ring substituents is 1. The number of rotatable bonds is 5. The molecule has 8 heteroatoms. The van der Waals surface area contributed by atoms with Crippen molar-refractivity contribution in [1.29, 1.82) is 0 Å². The molecule has 0 saturated heterocycles. The lowest BCUT2D eigenvalue weighted by molar-refractivity contribution is -0.385. The summed E-state index contributed by atoms with van der Waals surface area (Å²) in [6.45, 7) is 10.2. The fourth-order valence-corrected chi connectivity index (χ4v) is 3.48. The number of hydrogen-bond donors (Lipinski definition) is 1. The van der Waals surface area contributed by atoms with Gasteiger partial charge in [0.25, 0.3) is 11.6 Å². The summed E-state index contributed by atoms with van der Waals surface area (Å²) in [6, 6.07) is 9.42. The highest BCUT2D eigenvalue weighted by Gasteiger charge is 2.38. The summed E-state index contributed by atoms with van der Waals surface area (Å²) in [5, 5.41) is 13.8. The van der Waals surface area contributed by atoms with Crippen LogP contribution >= 0.6 is 0 Å². The highest BCUT2D eigenvalue weighted by atomic mass is 16.6. The van der Waals surface area contributed by atoms with Crippen LogP contribution in [-0.4, -0.2) is 29.9 Å². The molecule has 164 valence electrons. The van der Waals surface area contributed by atoms with Gasteiger partial charge in [-0.05, 0) is 51.0 Å². The third-order valence-corrected chi connectivity index (χ3v) is 5.12. The molecule has 0 saturated carbocycles. The number of nitrogens with one attached hydrogen (secondary N) is 1. The van der Waals surface area contributed by atoms with Crippen LogP contribution in [0.25, 0.3) is 0 Å². The minimum Gasteiger partial charge on any atom is -0.490 e. The SMILES string of the molecule is Cc1cc(C(=O)Nc2ccc3c(c2)OCC(C)(C)C(=O)N3CC(C)C)ccc1[N+](=O)[O-]. The molecule has 0 bridgehead atoms. The first-order chi connectivity index (χ1) is 14.5. The van der Waals surface area contributed by atoms with Gasteiger partial charge >= 0.3 is 0 Å². The summed E-state index contributed by atoms with van der Waals surface area (Å²) in [5.74, 6) is 0.410. The van der Waals surface area contributed by atoms with Crippen molar-refractivity contribution in [3.63, 3.8) is 0 Å². The van der Waals surface area contributed by atoms with Crippen molar-refractivity contribution in [2.75, 3.05) is 23.4 Å². The van der Waals surface area contributed by atoms with Gasteiger partial charge in [-0.1, -0.05) is 13.8 Å². The van der Waals surface area contributed by atoms with E-state index < -0.39 is 10.3 Å². The van der Waals surface area contributed by atoms with Crippen molar-refractivity contribution in [2.24, 2.45) is 11.3 Å². The average Bonchev–Trinajstić information content (AvgIpc) is 2.77. The molecule has 1 N–H and O–H groups in total. The Morgan fingerprint density at radius 3 is 2.58 bits per heavy atom. The number of nitro groups is 1. The maximum absolute atomic E-state index is 13.0. The molecule has 0 atom stereocenters. The van der Waals surface area contributed by atoms with Gasteiger partial charge in [0, 0.05) is 35.5 Å². The van der Waals surface area contributed by atoms with E-state index in [1.54, 1.807) is 30.0 Å². The molecule has 0 radical (unpaired) electrons. The van der Waals surface area contributed by atoms with E-state index in [1.165, 1.54) is 18.2 Å². The van der Waals surface area contributed by atoms with Gasteiger partial charge in [0.2, 0.25) is 5.91 Å². The molecule has 1 aliphatic heterocycles. The van der Waals surface area contributed by atoms with E-state index in [-0.39, 0.29) is 30.0 Å². The zero-order valence-corrected chi connectivity index (χ0v) is 18.4. The molecule has 2 amide bonds. The first kappa shape index (κ1) is 22.3. The fourth-order valence-electron chi connectivity index (χ4n) is 3.48. The molecule has 0 spiro atoms. The summed E-state index contributed by atoms with van der Waals surface area (Å²) in [4.78, 5) is 38.0. The monoisotopic (exact) mass is 425 g/mol. The molecule has 0 aliphatic carbocycles. The lowest BCUT2D eigenvalue weighted by atomic mass is 9.92. The van der Waals surface area contributed by atoms with E-state index in [1.807, 2.05) is 27.7 Å². The van der Waals surface area contributed by atoms with Crippen molar-refractivity contribution in [2.45, 2.75) is 34.6 Å². The third-order valence-electron chi connectivity index (χ3n) is 5.12. The molecule has 1 heterocycles. The summed E-state index contributed by atoms with van der Waals surface area (Å²) in [6.07, 6.45) is 0. The van der Waals surface area contributed by atoms with Gasteiger partial charge in [-0.25, -0.2) is 0 Å². The maximum atomic E-state index is 13.0. The van der Waals surface area contributed by atoms with Crippen LogP contribution in [0.15, 0.2) is 36.4 Å². The Bertz CT molecular complexity index is 1050. The standard InChI is InChI=1S/C23H27N3O5/c1-14(2)12-25-19-9-7-17(11-20(19)31-13-23(4,5)22(25)28)24-21(27)16-6-8-18(26(29)30)15(3)10-16/h6-11,14H,12-13H2,1-5H3,(H,24,27). The smallest absolute Gasteiger partial charge is 0.272 e. The van der Waals surface area contributed by atoms with Crippen LogP contribution in [0.4, 0.5) is 17.1 Å². The van der Waals surface area contributed by atoms with Gasteiger partial charge in [0.15, 0.2) is 0 Å². The molecule has 0 fully saturated rings. The topological polar surface area (TPSA) is 102 Å². The predicted octanol–water partition coefficient (Wildman–Crippen LogP) is 4.56. The van der Waals surface area contributed by atoms with Crippen molar-refractivity contribution >= 4 is 28.9 Å². The second kappa shape index (κ2) is 8.37. The van der Waals surface area contributed by atoms with E-state index in [0.29, 0.717) is 34.8 Å². The summed E-state index contributed by atoms with van der Waals surface area (Å²) < 4.78 is 5.95. The Kier molecular flexibility index (Phi) is 6.01. The van der Waals surface area contributed by atoms with Crippen LogP contribution in [0.2, 0.25) is 0 Å². The molecular formula is C23H27N3O5. The van der Waals surface area contributed by atoms with Gasteiger partial charge in [-0.2, -0.15) is 0 Å². The first-order valence-corrected chi connectivity index (χ1v) is 10.1. The first-order valence-electron chi connectivity index (χ1n) is 10.1. The van der Waals surface area contributed by atoms with Crippen LogP contribution in [0, 0.1) is 28.4 Å². The Labute approximate surface area is 181 Å². The van der Waals surface area contributed by atoms with Crippen LogP contribution < -0.4 is 15.0 Å². The number of carbonyl (C=O) groups is 2. The van der Waals surface area contributed by atoms with E-state index in [0.717, 1.165) is 0 Å². The number of nitrogens with zero attached hydrogens (tertiary/aromatic N) is 2. The van der Waals surface area contributed by atoms with Gasteiger partial charge in [0.1, 0.15) is 12.4 Å². The number of benzene rings is 2. The zero-order valence-electron chi connectivity index (χ0n) is 18.4. The molecule has 3 rings (SSSR count). The Hall–Kier alpha value is -3.42. The molecule has 0 unspecified atom stereocenters. The molecular weight excluding hydrogens is 398 g/mol. The third kappa shape index (κ3) is 4.68. The van der Waals surface area contributed by atoms with E-state index >= 15 is 0 Å². The second-order valence-corrected chi connectivity index (χ2v) is 8.88. The minimum absolute atomic E-state index is 0.00177. The second-order valence-electron chi connectivity index (χ2n) is 8.88. The maximum Gasteiger partial charge on any atom is 0.272 e. The number of amides is 2. The van der Waals surface area contributed by atoms with Gasteiger partial charge in [0.05, 0.1) is 16.0 Å². The predicted molar refractivity (Wildman–Crippen MR) is 119 cm³/mol. The van der Waals surface area contributed by atoms with E-state index in [2.05, 4.69) is 5.32 Å². The Morgan fingerprint density at radius 1 is 1.26 bits per heavy atom. The van der Waals surface area contributed by atoms with Crippen molar-refractivity contribution in [3.05, 3.63) is 57.6 Å². The number of hydrogen-bond acceptors (Lipinski definition) is 5. The highest BCUT2D eigenvalue weighted by Crippen LogP contribution is 2.38. The normalized spacial score (nSPS) is 15.2. The molecule has 31 heavy (non-hydrogen) atoms. The lowest BCUT2D eigenvalue weighted by Crippen LogP contribution is -2.43. The average molecular weight is 425 g/mol. The van der Waals surface area contributed by atoms with E-state index in [9.17, 15) is 19.7 Å². The fraction of sp³-hybridized carbons (Fsp3) is 0.391. The van der Waals surface area contributed by atoms with Gasteiger partial charge in [-0.15, -0.1) is 0 Å². The quantitative estimate of drug-likeness (QED) is 0.559.